The molecule has 26 heavy (non-hydrogen) atoms. The number of anilines is 1. The van der Waals surface area contributed by atoms with Gasteiger partial charge in [-0.05, 0) is 60.9 Å². The van der Waals surface area contributed by atoms with Crippen LogP contribution in [0.25, 0.3) is 5.57 Å². The predicted octanol–water partition coefficient (Wildman–Crippen LogP) is 4.42. The number of allylic oxidation sites excluding steroid dienone is 1. The van der Waals surface area contributed by atoms with Gasteiger partial charge in [0.05, 0.1) is 0 Å². The van der Waals surface area contributed by atoms with Gasteiger partial charge in [0.25, 0.3) is 0 Å². The Labute approximate surface area is 157 Å². The number of hydrogen-bond acceptors (Lipinski definition) is 2. The smallest absolute Gasteiger partial charge is 0.244 e. The zero-order chi connectivity index (χ0) is 18.9. The van der Waals surface area contributed by atoms with Crippen LogP contribution in [0.1, 0.15) is 25.3 Å². The minimum atomic E-state index is -0.317. The number of hydrogen-bond donors (Lipinski definition) is 2. The average molecular weight is 375 g/mol. The molecule has 0 radical (unpaired) electrons. The van der Waals surface area contributed by atoms with Crippen LogP contribution in [0.2, 0.25) is 5.02 Å². The summed E-state index contributed by atoms with van der Waals surface area (Å²) in [5, 5.41) is 6.10. The number of halogens is 2. The summed E-state index contributed by atoms with van der Waals surface area (Å²) in [6.45, 7) is 2.17. The van der Waals surface area contributed by atoms with Gasteiger partial charge in [-0.15, -0.1) is 0 Å². The van der Waals surface area contributed by atoms with Crippen LogP contribution in [0.15, 0.2) is 54.6 Å². The van der Waals surface area contributed by atoms with Crippen molar-refractivity contribution in [2.75, 3.05) is 11.9 Å². The summed E-state index contributed by atoms with van der Waals surface area (Å²) in [5.41, 5.74) is 2.20. The lowest BCUT2D eigenvalue weighted by atomic mass is 10.1. The normalized spacial score (nSPS) is 11.1. The first-order chi connectivity index (χ1) is 12.4. The molecule has 2 aromatic rings. The van der Waals surface area contributed by atoms with Gasteiger partial charge in [-0.2, -0.15) is 0 Å². The molecule has 2 rings (SSSR count). The summed E-state index contributed by atoms with van der Waals surface area (Å²) in [6, 6.07) is 12.8. The molecule has 4 nitrogen and oxygen atoms in total. The first-order valence-electron chi connectivity index (χ1n) is 8.21. The van der Waals surface area contributed by atoms with Crippen molar-refractivity contribution in [2.45, 2.75) is 19.8 Å². The summed E-state index contributed by atoms with van der Waals surface area (Å²) in [5.74, 6) is -0.688. The largest absolute Gasteiger partial charge is 0.353 e. The zero-order valence-corrected chi connectivity index (χ0v) is 15.1. The molecule has 0 fully saturated rings. The summed E-state index contributed by atoms with van der Waals surface area (Å²) >= 11 is 5.79. The SMILES string of the molecule is C/C(=C/C(=O)NCCCC(=O)Nc1ccc(Cl)cc1)c1ccc(F)cc1. The molecule has 0 saturated heterocycles. The second-order valence-electron chi connectivity index (χ2n) is 5.78. The molecule has 136 valence electrons. The molecule has 0 spiro atoms. The quantitative estimate of drug-likeness (QED) is 0.556. The van der Waals surface area contributed by atoms with Crippen LogP contribution in [0.5, 0.6) is 0 Å². The van der Waals surface area contributed by atoms with E-state index in [-0.39, 0.29) is 17.6 Å². The number of benzene rings is 2. The van der Waals surface area contributed by atoms with E-state index in [4.69, 9.17) is 11.6 Å². The lowest BCUT2D eigenvalue weighted by Gasteiger charge is -2.06. The van der Waals surface area contributed by atoms with Gasteiger partial charge in [-0.25, -0.2) is 4.39 Å². The van der Waals surface area contributed by atoms with Crippen molar-refractivity contribution in [2.24, 2.45) is 0 Å². The van der Waals surface area contributed by atoms with Crippen molar-refractivity contribution in [3.05, 3.63) is 71.0 Å². The first kappa shape index (κ1) is 19.7. The summed E-state index contributed by atoms with van der Waals surface area (Å²) in [4.78, 5) is 23.7. The third-order valence-electron chi connectivity index (χ3n) is 3.65. The molecular formula is C20H20ClFN2O2. The lowest BCUT2D eigenvalue weighted by Crippen LogP contribution is -2.23. The van der Waals surface area contributed by atoms with Gasteiger partial charge in [0.15, 0.2) is 0 Å². The minimum Gasteiger partial charge on any atom is -0.353 e. The van der Waals surface area contributed by atoms with Gasteiger partial charge >= 0.3 is 0 Å². The maximum absolute atomic E-state index is 12.9. The minimum absolute atomic E-state index is 0.125. The molecule has 6 heteroatoms. The van der Waals surface area contributed by atoms with Crippen molar-refractivity contribution in [1.82, 2.24) is 5.32 Å². The van der Waals surface area contributed by atoms with Crippen LogP contribution in [0.4, 0.5) is 10.1 Å². The second-order valence-corrected chi connectivity index (χ2v) is 6.22. The van der Waals surface area contributed by atoms with E-state index in [1.807, 2.05) is 0 Å². The molecule has 0 bridgehead atoms. The van der Waals surface area contributed by atoms with Crippen molar-refractivity contribution in [3.8, 4) is 0 Å². The summed E-state index contributed by atoms with van der Waals surface area (Å²) in [6.07, 6.45) is 2.28. The highest BCUT2D eigenvalue weighted by Crippen LogP contribution is 2.14. The average Bonchev–Trinajstić information content (AvgIpc) is 2.61. The highest BCUT2D eigenvalue weighted by molar-refractivity contribution is 6.30. The van der Waals surface area contributed by atoms with E-state index in [1.165, 1.54) is 18.2 Å². The first-order valence-corrected chi connectivity index (χ1v) is 8.59. The van der Waals surface area contributed by atoms with Gasteiger partial charge in [0.1, 0.15) is 5.82 Å². The molecule has 0 aromatic heterocycles. The molecule has 2 aromatic carbocycles. The predicted molar refractivity (Wildman–Crippen MR) is 102 cm³/mol. The van der Waals surface area contributed by atoms with Crippen molar-refractivity contribution in [1.29, 1.82) is 0 Å². The van der Waals surface area contributed by atoms with Crippen molar-refractivity contribution >= 4 is 34.7 Å². The Morgan fingerprint density at radius 2 is 1.73 bits per heavy atom. The van der Waals surface area contributed by atoms with Crippen LogP contribution in [-0.2, 0) is 9.59 Å². The molecule has 2 amide bonds. The Bertz CT molecular complexity index is 786. The topological polar surface area (TPSA) is 58.2 Å². The number of amides is 2. The van der Waals surface area contributed by atoms with Gasteiger partial charge in [0, 0.05) is 29.8 Å². The Kier molecular flexibility index (Phi) is 7.36. The fourth-order valence-electron chi connectivity index (χ4n) is 2.26. The Hall–Kier alpha value is -2.66. The lowest BCUT2D eigenvalue weighted by molar-refractivity contribution is -0.118. The van der Waals surface area contributed by atoms with Crippen molar-refractivity contribution < 1.29 is 14.0 Å². The van der Waals surface area contributed by atoms with E-state index < -0.39 is 0 Å². The van der Waals surface area contributed by atoms with E-state index in [9.17, 15) is 14.0 Å². The maximum atomic E-state index is 12.9. The number of nitrogens with one attached hydrogen (secondary N) is 2. The number of carbonyl (C=O) groups excluding carboxylic acids is 2. The fourth-order valence-corrected chi connectivity index (χ4v) is 2.39. The summed E-state index contributed by atoms with van der Waals surface area (Å²) in [7, 11) is 0. The van der Waals surface area contributed by atoms with E-state index in [1.54, 1.807) is 43.3 Å². The van der Waals surface area contributed by atoms with Crippen LogP contribution >= 0.6 is 11.6 Å². The zero-order valence-electron chi connectivity index (χ0n) is 14.4. The van der Waals surface area contributed by atoms with Crippen LogP contribution in [0.3, 0.4) is 0 Å². The molecule has 2 N–H and O–H groups in total. The second kappa shape index (κ2) is 9.73. The van der Waals surface area contributed by atoms with E-state index in [0.717, 1.165) is 11.1 Å². The monoisotopic (exact) mass is 374 g/mol. The molecule has 0 atom stereocenters. The Morgan fingerprint density at radius 3 is 2.38 bits per heavy atom. The molecule has 0 saturated carbocycles. The number of rotatable bonds is 7. The van der Waals surface area contributed by atoms with Gasteiger partial charge in [0.2, 0.25) is 11.8 Å². The van der Waals surface area contributed by atoms with Crippen LogP contribution in [0, 0.1) is 5.82 Å². The molecule has 0 unspecified atom stereocenters. The van der Waals surface area contributed by atoms with Gasteiger partial charge in [-0.3, -0.25) is 9.59 Å². The molecule has 0 heterocycles. The van der Waals surface area contributed by atoms with E-state index in [2.05, 4.69) is 10.6 Å². The van der Waals surface area contributed by atoms with Crippen LogP contribution in [-0.4, -0.2) is 18.4 Å². The highest BCUT2D eigenvalue weighted by Gasteiger charge is 2.04. The van der Waals surface area contributed by atoms with E-state index >= 15 is 0 Å². The third-order valence-corrected chi connectivity index (χ3v) is 3.91. The summed E-state index contributed by atoms with van der Waals surface area (Å²) < 4.78 is 12.9. The molecule has 0 aliphatic rings. The van der Waals surface area contributed by atoms with E-state index in [0.29, 0.717) is 30.1 Å². The maximum Gasteiger partial charge on any atom is 0.244 e. The fraction of sp³-hybridized carbons (Fsp3) is 0.200. The molecule has 0 aliphatic heterocycles. The van der Waals surface area contributed by atoms with Gasteiger partial charge in [-0.1, -0.05) is 23.7 Å². The number of carbonyl (C=O) groups is 2. The standard InChI is InChI=1S/C20H20ClFN2O2/c1-14(15-4-8-17(22)9-5-15)13-20(26)23-12-2-3-19(25)24-18-10-6-16(21)7-11-18/h4-11,13H,2-3,12H2,1H3,(H,23,26)(H,24,25)/b14-13-. The molecular weight excluding hydrogens is 355 g/mol. The van der Waals surface area contributed by atoms with Gasteiger partial charge < -0.3 is 10.6 Å². The Morgan fingerprint density at radius 1 is 1.08 bits per heavy atom. The molecule has 0 aliphatic carbocycles. The highest BCUT2D eigenvalue weighted by atomic mass is 35.5. The van der Waals surface area contributed by atoms with Crippen LogP contribution < -0.4 is 10.6 Å². The Balaban J connectivity index is 1.70. The third kappa shape index (κ3) is 6.69. The van der Waals surface area contributed by atoms with Crippen molar-refractivity contribution in [3.63, 3.8) is 0 Å².